The topological polar surface area (TPSA) is 101 Å². The molecule has 0 amide bonds. The Morgan fingerprint density at radius 2 is 1.61 bits per heavy atom. The van der Waals surface area contributed by atoms with Crippen LogP contribution >= 0.6 is 0 Å². The second-order valence-corrected chi connectivity index (χ2v) is 6.03. The minimum atomic E-state index is -0.675. The summed E-state index contributed by atoms with van der Waals surface area (Å²) in [6.45, 7) is 1.84. The molecule has 0 saturated carbocycles. The van der Waals surface area contributed by atoms with Gasteiger partial charge in [0.2, 0.25) is 5.76 Å². The first-order valence-corrected chi connectivity index (χ1v) is 9.29. The third kappa shape index (κ3) is 6.53. The summed E-state index contributed by atoms with van der Waals surface area (Å²) in [6, 6.07) is 9.51. The molecule has 0 heterocycles. The summed E-state index contributed by atoms with van der Waals surface area (Å²) in [6.07, 6.45) is 4.30. The van der Waals surface area contributed by atoms with Crippen molar-refractivity contribution in [2.24, 2.45) is 0 Å². The van der Waals surface area contributed by atoms with Crippen LogP contribution in [0.2, 0.25) is 0 Å². The summed E-state index contributed by atoms with van der Waals surface area (Å²) in [5.74, 6) is -0.437. The zero-order valence-electron chi connectivity index (χ0n) is 17.7. The molecule has 0 radical (unpaired) electrons. The number of hydrogen-bond donors (Lipinski definition) is 1. The summed E-state index contributed by atoms with van der Waals surface area (Å²) >= 11 is 0. The number of rotatable bonds is 9. The van der Waals surface area contributed by atoms with Crippen molar-refractivity contribution in [2.45, 2.75) is 6.92 Å². The predicted octanol–water partition coefficient (Wildman–Crippen LogP) is 3.58. The zero-order chi connectivity index (χ0) is 22.8. The quantitative estimate of drug-likeness (QED) is 0.368. The average Bonchev–Trinajstić information content (AvgIpc) is 2.78. The van der Waals surface area contributed by atoms with Crippen molar-refractivity contribution >= 4 is 24.1 Å². The molecule has 0 saturated heterocycles. The average molecular weight is 428 g/mol. The predicted molar refractivity (Wildman–Crippen MR) is 114 cm³/mol. The number of carbonyl (C=O) groups is 2. The Kier molecular flexibility index (Phi) is 8.51. The highest BCUT2D eigenvalue weighted by molar-refractivity contribution is 5.92. The third-order valence-corrected chi connectivity index (χ3v) is 4.00. The van der Waals surface area contributed by atoms with Crippen molar-refractivity contribution in [3.63, 3.8) is 0 Å². The van der Waals surface area contributed by atoms with E-state index >= 15 is 0 Å². The maximum atomic E-state index is 12.5. The number of ether oxygens (including phenoxy) is 5. The van der Waals surface area contributed by atoms with Crippen LogP contribution in [0.4, 0.5) is 0 Å². The molecule has 2 aromatic carbocycles. The molecule has 0 spiro atoms. The van der Waals surface area contributed by atoms with E-state index < -0.39 is 11.9 Å². The second kappa shape index (κ2) is 11.3. The van der Waals surface area contributed by atoms with Gasteiger partial charge in [0.1, 0.15) is 0 Å². The van der Waals surface area contributed by atoms with Crippen LogP contribution in [0.1, 0.15) is 18.1 Å². The van der Waals surface area contributed by atoms with Crippen molar-refractivity contribution in [3.8, 4) is 23.0 Å². The van der Waals surface area contributed by atoms with Gasteiger partial charge in [0.15, 0.2) is 23.0 Å². The van der Waals surface area contributed by atoms with Gasteiger partial charge in [0.25, 0.3) is 0 Å². The van der Waals surface area contributed by atoms with Crippen LogP contribution in [-0.4, -0.2) is 45.0 Å². The van der Waals surface area contributed by atoms with Gasteiger partial charge in [-0.25, -0.2) is 9.59 Å². The Bertz CT molecular complexity index is 991. The molecule has 0 fully saturated rings. The van der Waals surface area contributed by atoms with Gasteiger partial charge in [-0.2, -0.15) is 0 Å². The maximum Gasteiger partial charge on any atom is 0.374 e. The van der Waals surface area contributed by atoms with Gasteiger partial charge in [-0.05, 0) is 54.5 Å². The first kappa shape index (κ1) is 23.3. The minimum absolute atomic E-state index is 0.0319. The lowest BCUT2D eigenvalue weighted by Crippen LogP contribution is -2.13. The Balaban J connectivity index is 2.39. The molecule has 0 aliphatic heterocycles. The molecule has 0 aliphatic carbocycles. The van der Waals surface area contributed by atoms with Crippen LogP contribution in [0.15, 0.2) is 48.2 Å². The van der Waals surface area contributed by atoms with Crippen molar-refractivity contribution < 1.29 is 38.4 Å². The number of methoxy groups -OCH3 is 3. The van der Waals surface area contributed by atoms with Crippen LogP contribution in [0.25, 0.3) is 12.2 Å². The molecule has 0 aliphatic rings. The fraction of sp³-hybridized carbons (Fsp3) is 0.217. The van der Waals surface area contributed by atoms with Gasteiger partial charge < -0.3 is 28.8 Å². The van der Waals surface area contributed by atoms with E-state index in [1.165, 1.54) is 39.5 Å². The van der Waals surface area contributed by atoms with Crippen molar-refractivity contribution in [3.05, 3.63) is 59.4 Å². The summed E-state index contributed by atoms with van der Waals surface area (Å²) < 4.78 is 25.9. The summed E-state index contributed by atoms with van der Waals surface area (Å²) in [5, 5.41) is 9.77. The summed E-state index contributed by atoms with van der Waals surface area (Å²) in [7, 11) is 4.16. The molecular formula is C23H24O8. The lowest BCUT2D eigenvalue weighted by Gasteiger charge is -2.13. The lowest BCUT2D eigenvalue weighted by atomic mass is 10.1. The molecule has 0 unspecified atom stereocenters. The number of benzene rings is 2. The first-order chi connectivity index (χ1) is 14.9. The molecule has 0 atom stereocenters. The van der Waals surface area contributed by atoms with E-state index in [4.69, 9.17) is 18.9 Å². The standard InChI is InChI=1S/C23H24O8/c1-5-30-23(26)21(14-16-6-9-17(24)19(13-16)27-2)31-18-10-7-15(12-20(18)28-3)8-11-22(25)29-4/h6-14,24H,5H2,1-4H3/b11-8+,21-14-. The molecule has 8 heteroatoms. The highest BCUT2D eigenvalue weighted by atomic mass is 16.6. The first-order valence-electron chi connectivity index (χ1n) is 9.29. The Hall–Kier alpha value is -3.94. The monoisotopic (exact) mass is 428 g/mol. The van der Waals surface area contributed by atoms with Crippen LogP contribution < -0.4 is 14.2 Å². The maximum absolute atomic E-state index is 12.5. The van der Waals surface area contributed by atoms with Crippen LogP contribution in [0.5, 0.6) is 23.0 Å². The lowest BCUT2D eigenvalue weighted by molar-refractivity contribution is -0.141. The summed E-state index contributed by atoms with van der Waals surface area (Å²) in [5.41, 5.74) is 1.22. The number of phenolic OH excluding ortho intramolecular Hbond substituents is 1. The number of aromatic hydroxyl groups is 1. The van der Waals surface area contributed by atoms with E-state index in [2.05, 4.69) is 4.74 Å². The van der Waals surface area contributed by atoms with Gasteiger partial charge in [-0.3, -0.25) is 0 Å². The Morgan fingerprint density at radius 1 is 0.935 bits per heavy atom. The van der Waals surface area contributed by atoms with Crippen LogP contribution in [0, 0.1) is 0 Å². The molecule has 164 valence electrons. The van der Waals surface area contributed by atoms with Crippen LogP contribution in [0.3, 0.4) is 0 Å². The molecule has 0 aromatic heterocycles. The van der Waals surface area contributed by atoms with Gasteiger partial charge >= 0.3 is 11.9 Å². The van der Waals surface area contributed by atoms with E-state index in [1.54, 1.807) is 43.3 Å². The van der Waals surface area contributed by atoms with Crippen molar-refractivity contribution in [1.29, 1.82) is 0 Å². The van der Waals surface area contributed by atoms with Gasteiger partial charge in [-0.15, -0.1) is 0 Å². The molecule has 0 bridgehead atoms. The third-order valence-electron chi connectivity index (χ3n) is 4.00. The van der Waals surface area contributed by atoms with E-state index in [9.17, 15) is 14.7 Å². The summed E-state index contributed by atoms with van der Waals surface area (Å²) in [4.78, 5) is 23.7. The number of hydrogen-bond acceptors (Lipinski definition) is 8. The second-order valence-electron chi connectivity index (χ2n) is 6.03. The van der Waals surface area contributed by atoms with Crippen LogP contribution in [-0.2, 0) is 19.1 Å². The van der Waals surface area contributed by atoms with E-state index in [1.807, 2.05) is 0 Å². The van der Waals surface area contributed by atoms with Gasteiger partial charge in [0.05, 0.1) is 27.9 Å². The minimum Gasteiger partial charge on any atom is -0.504 e. The highest BCUT2D eigenvalue weighted by Gasteiger charge is 2.17. The fourth-order valence-corrected chi connectivity index (χ4v) is 2.49. The van der Waals surface area contributed by atoms with E-state index in [0.717, 1.165) is 0 Å². The normalized spacial score (nSPS) is 11.2. The Morgan fingerprint density at radius 3 is 2.26 bits per heavy atom. The van der Waals surface area contributed by atoms with Crippen molar-refractivity contribution in [2.75, 3.05) is 27.9 Å². The largest absolute Gasteiger partial charge is 0.504 e. The molecule has 8 nitrogen and oxygen atoms in total. The van der Waals surface area contributed by atoms with Gasteiger partial charge in [0, 0.05) is 6.08 Å². The SMILES string of the molecule is CCOC(=O)/C(=C/c1ccc(O)c(OC)c1)Oc1ccc(/C=C/C(=O)OC)cc1OC. The number of esters is 2. The number of phenols is 1. The zero-order valence-corrected chi connectivity index (χ0v) is 17.7. The van der Waals surface area contributed by atoms with Gasteiger partial charge in [-0.1, -0.05) is 12.1 Å². The smallest absolute Gasteiger partial charge is 0.374 e. The molecular weight excluding hydrogens is 404 g/mol. The number of carbonyl (C=O) groups excluding carboxylic acids is 2. The van der Waals surface area contributed by atoms with Crippen molar-refractivity contribution in [1.82, 2.24) is 0 Å². The fourth-order valence-electron chi connectivity index (χ4n) is 2.49. The Labute approximate surface area is 180 Å². The van der Waals surface area contributed by atoms with E-state index in [0.29, 0.717) is 16.9 Å². The molecule has 1 N–H and O–H groups in total. The van der Waals surface area contributed by atoms with E-state index in [-0.39, 0.29) is 29.6 Å². The molecule has 2 rings (SSSR count). The molecule has 31 heavy (non-hydrogen) atoms. The highest BCUT2D eigenvalue weighted by Crippen LogP contribution is 2.32. The molecule has 2 aromatic rings.